The quantitative estimate of drug-likeness (QED) is 0.852. The Morgan fingerprint density at radius 3 is 2.58 bits per heavy atom. The van der Waals surface area contributed by atoms with Crippen LogP contribution in [-0.4, -0.2) is 47.3 Å². The fraction of sp³-hybridized carbons (Fsp3) is 0.933. The van der Waals surface area contributed by atoms with Crippen LogP contribution < -0.4 is 0 Å². The van der Waals surface area contributed by atoms with Crippen LogP contribution in [0.4, 0.5) is 0 Å². The molecule has 3 unspecified atom stereocenters. The SMILES string of the molecule is COC1CC(N2C(C(=O)O)CCC3CCCCC32)C1. The Kier molecular flexibility index (Phi) is 3.81. The van der Waals surface area contributed by atoms with Gasteiger partial charge < -0.3 is 9.84 Å². The van der Waals surface area contributed by atoms with E-state index < -0.39 is 5.97 Å². The fourth-order valence-electron chi connectivity index (χ4n) is 4.42. The number of hydrogen-bond acceptors (Lipinski definition) is 3. The fourth-order valence-corrected chi connectivity index (χ4v) is 4.42. The summed E-state index contributed by atoms with van der Waals surface area (Å²) in [6.45, 7) is 0. The standard InChI is InChI=1S/C15H25NO3/c1-19-12-8-11(9-12)16-13-5-3-2-4-10(13)6-7-14(16)15(17)18/h10-14H,2-9H2,1H3,(H,17,18). The minimum absolute atomic E-state index is 0.248. The zero-order chi connectivity index (χ0) is 13.4. The van der Waals surface area contributed by atoms with Crippen molar-refractivity contribution in [1.82, 2.24) is 4.90 Å². The Balaban J connectivity index is 1.75. The van der Waals surface area contributed by atoms with E-state index in [-0.39, 0.29) is 6.04 Å². The number of ether oxygens (including phenoxy) is 1. The summed E-state index contributed by atoms with van der Waals surface area (Å²) in [6.07, 6.45) is 9.43. The Bertz CT molecular complexity index is 340. The summed E-state index contributed by atoms with van der Waals surface area (Å²) in [5.74, 6) is 0.121. The molecule has 2 saturated carbocycles. The third-order valence-electron chi connectivity index (χ3n) is 5.53. The van der Waals surface area contributed by atoms with Gasteiger partial charge in [-0.25, -0.2) is 0 Å². The summed E-state index contributed by atoms with van der Waals surface area (Å²) in [5.41, 5.74) is 0. The minimum atomic E-state index is -0.620. The van der Waals surface area contributed by atoms with E-state index >= 15 is 0 Å². The van der Waals surface area contributed by atoms with Gasteiger partial charge in [-0.3, -0.25) is 9.69 Å². The highest BCUT2D eigenvalue weighted by molar-refractivity contribution is 5.73. The molecular weight excluding hydrogens is 242 g/mol. The van der Waals surface area contributed by atoms with E-state index in [1.54, 1.807) is 7.11 Å². The smallest absolute Gasteiger partial charge is 0.320 e. The van der Waals surface area contributed by atoms with Crippen LogP contribution in [-0.2, 0) is 9.53 Å². The van der Waals surface area contributed by atoms with Gasteiger partial charge in [0, 0.05) is 19.2 Å². The molecule has 0 aromatic heterocycles. The van der Waals surface area contributed by atoms with E-state index in [1.807, 2.05) is 0 Å². The zero-order valence-electron chi connectivity index (χ0n) is 11.8. The molecule has 2 aliphatic carbocycles. The lowest BCUT2D eigenvalue weighted by Gasteiger charge is -2.54. The van der Waals surface area contributed by atoms with Crippen LogP contribution in [0.15, 0.2) is 0 Å². The second-order valence-corrected chi connectivity index (χ2v) is 6.47. The molecule has 19 heavy (non-hydrogen) atoms. The van der Waals surface area contributed by atoms with Gasteiger partial charge in [-0.05, 0) is 44.4 Å². The predicted molar refractivity (Wildman–Crippen MR) is 72.1 cm³/mol. The molecule has 0 bridgehead atoms. The number of carbonyl (C=O) groups is 1. The maximum absolute atomic E-state index is 11.6. The topological polar surface area (TPSA) is 49.8 Å². The molecule has 0 aromatic rings. The van der Waals surface area contributed by atoms with E-state index in [1.165, 1.54) is 25.7 Å². The summed E-state index contributed by atoms with van der Waals surface area (Å²) in [6, 6.07) is 0.713. The van der Waals surface area contributed by atoms with Gasteiger partial charge >= 0.3 is 5.97 Å². The highest BCUT2D eigenvalue weighted by atomic mass is 16.5. The molecule has 3 rings (SSSR count). The van der Waals surface area contributed by atoms with Crippen molar-refractivity contribution in [3.63, 3.8) is 0 Å². The summed E-state index contributed by atoms with van der Waals surface area (Å²) in [5, 5.41) is 9.52. The number of hydrogen-bond donors (Lipinski definition) is 1. The molecule has 3 atom stereocenters. The van der Waals surface area contributed by atoms with Crippen LogP contribution in [0, 0.1) is 5.92 Å². The van der Waals surface area contributed by atoms with Crippen LogP contribution in [0.2, 0.25) is 0 Å². The second kappa shape index (κ2) is 5.41. The van der Waals surface area contributed by atoms with Crippen LogP contribution in [0.25, 0.3) is 0 Å². The van der Waals surface area contributed by atoms with Crippen molar-refractivity contribution in [2.75, 3.05) is 7.11 Å². The van der Waals surface area contributed by atoms with Gasteiger partial charge in [0.1, 0.15) is 6.04 Å². The molecule has 3 fully saturated rings. The van der Waals surface area contributed by atoms with Crippen LogP contribution in [0.3, 0.4) is 0 Å². The summed E-state index contributed by atoms with van der Waals surface area (Å²) in [7, 11) is 1.76. The van der Waals surface area contributed by atoms with Gasteiger partial charge in [-0.2, -0.15) is 0 Å². The number of carboxylic acids is 1. The number of piperidine rings is 1. The Labute approximate surface area is 115 Å². The largest absolute Gasteiger partial charge is 0.480 e. The van der Waals surface area contributed by atoms with Crippen molar-refractivity contribution in [3.05, 3.63) is 0 Å². The Morgan fingerprint density at radius 2 is 1.89 bits per heavy atom. The van der Waals surface area contributed by atoms with Gasteiger partial charge in [-0.1, -0.05) is 12.8 Å². The van der Waals surface area contributed by atoms with E-state index in [4.69, 9.17) is 4.74 Å². The Morgan fingerprint density at radius 1 is 1.16 bits per heavy atom. The first-order chi connectivity index (χ1) is 9.20. The maximum Gasteiger partial charge on any atom is 0.320 e. The van der Waals surface area contributed by atoms with Crippen molar-refractivity contribution in [1.29, 1.82) is 0 Å². The third-order valence-corrected chi connectivity index (χ3v) is 5.53. The highest BCUT2D eigenvalue weighted by Gasteiger charge is 2.47. The average Bonchev–Trinajstić information content (AvgIpc) is 2.37. The lowest BCUT2D eigenvalue weighted by molar-refractivity contribution is -0.156. The summed E-state index contributed by atoms with van der Waals surface area (Å²) in [4.78, 5) is 13.9. The van der Waals surface area contributed by atoms with Crippen molar-refractivity contribution >= 4 is 5.97 Å². The van der Waals surface area contributed by atoms with E-state index in [2.05, 4.69) is 4.90 Å². The van der Waals surface area contributed by atoms with Gasteiger partial charge in [0.25, 0.3) is 0 Å². The van der Waals surface area contributed by atoms with Crippen molar-refractivity contribution in [3.8, 4) is 0 Å². The summed E-state index contributed by atoms with van der Waals surface area (Å²) < 4.78 is 5.36. The van der Waals surface area contributed by atoms with Crippen LogP contribution in [0.1, 0.15) is 51.4 Å². The molecule has 0 spiro atoms. The second-order valence-electron chi connectivity index (χ2n) is 6.47. The first kappa shape index (κ1) is 13.4. The number of aliphatic carboxylic acids is 1. The van der Waals surface area contributed by atoms with E-state index in [0.29, 0.717) is 18.2 Å². The molecule has 1 aliphatic heterocycles. The van der Waals surface area contributed by atoms with Crippen LogP contribution >= 0.6 is 0 Å². The van der Waals surface area contributed by atoms with Gasteiger partial charge in [0.05, 0.1) is 6.10 Å². The van der Waals surface area contributed by atoms with E-state index in [0.717, 1.165) is 31.6 Å². The number of carboxylic acid groups (broad SMARTS) is 1. The van der Waals surface area contributed by atoms with Crippen molar-refractivity contribution in [2.45, 2.75) is 75.6 Å². The number of rotatable bonds is 3. The Hall–Kier alpha value is -0.610. The van der Waals surface area contributed by atoms with Gasteiger partial charge in [0.2, 0.25) is 0 Å². The van der Waals surface area contributed by atoms with Crippen LogP contribution in [0.5, 0.6) is 0 Å². The molecule has 4 heteroatoms. The molecule has 1 N–H and O–H groups in total. The van der Waals surface area contributed by atoms with Crippen molar-refractivity contribution < 1.29 is 14.6 Å². The normalized spacial score (nSPS) is 43.3. The predicted octanol–water partition coefficient (Wildman–Crippen LogP) is 2.27. The third kappa shape index (κ3) is 2.40. The molecule has 3 aliphatic rings. The summed E-state index contributed by atoms with van der Waals surface area (Å²) >= 11 is 0. The molecule has 1 heterocycles. The average molecular weight is 267 g/mol. The molecule has 4 nitrogen and oxygen atoms in total. The van der Waals surface area contributed by atoms with E-state index in [9.17, 15) is 9.90 Å². The minimum Gasteiger partial charge on any atom is -0.480 e. The molecule has 0 amide bonds. The van der Waals surface area contributed by atoms with Gasteiger partial charge in [0.15, 0.2) is 0 Å². The first-order valence-electron chi connectivity index (χ1n) is 7.73. The highest BCUT2D eigenvalue weighted by Crippen LogP contribution is 2.42. The monoisotopic (exact) mass is 267 g/mol. The number of nitrogens with zero attached hydrogens (tertiary/aromatic N) is 1. The molecule has 0 aromatic carbocycles. The number of likely N-dealkylation sites (tertiary alicyclic amines) is 1. The maximum atomic E-state index is 11.6. The van der Waals surface area contributed by atoms with Crippen molar-refractivity contribution in [2.24, 2.45) is 5.92 Å². The lowest BCUT2D eigenvalue weighted by Crippen LogP contribution is -2.62. The molecule has 108 valence electrons. The zero-order valence-corrected chi connectivity index (χ0v) is 11.8. The molecular formula is C15H25NO3. The molecule has 1 saturated heterocycles. The van der Waals surface area contributed by atoms with Gasteiger partial charge in [-0.15, -0.1) is 0 Å². The first-order valence-corrected chi connectivity index (χ1v) is 7.73. The molecule has 0 radical (unpaired) electrons. The lowest BCUT2D eigenvalue weighted by atomic mass is 9.73. The number of methoxy groups -OCH3 is 1. The number of fused-ring (bicyclic) bond motifs is 1.